The first-order chi connectivity index (χ1) is 9.56. The zero-order valence-corrected chi connectivity index (χ0v) is 14.3. The lowest BCUT2D eigenvalue weighted by Crippen LogP contribution is -2.36. The van der Waals surface area contributed by atoms with Gasteiger partial charge < -0.3 is 9.47 Å². The largest absolute Gasteiger partial charge is 0.493 e. The fourth-order valence-electron chi connectivity index (χ4n) is 2.74. The van der Waals surface area contributed by atoms with Crippen molar-refractivity contribution in [1.29, 1.82) is 0 Å². The van der Waals surface area contributed by atoms with Crippen LogP contribution in [0.25, 0.3) is 0 Å². The highest BCUT2D eigenvalue weighted by Gasteiger charge is 2.32. The Kier molecular flexibility index (Phi) is 5.50. The van der Waals surface area contributed by atoms with Crippen LogP contribution < -0.4 is 4.74 Å². The quantitative estimate of drug-likeness (QED) is 0.724. The number of hydrogen-bond acceptors (Lipinski definition) is 2. The average Bonchev–Trinajstić information content (AvgIpc) is 2.46. The number of alkyl halides is 1. The number of ether oxygens (including phenoxy) is 2. The van der Waals surface area contributed by atoms with E-state index < -0.39 is 0 Å². The van der Waals surface area contributed by atoms with Crippen LogP contribution in [0.5, 0.6) is 5.75 Å². The molecular formula is C17H25BrO2. The van der Waals surface area contributed by atoms with Gasteiger partial charge in [0.15, 0.2) is 0 Å². The van der Waals surface area contributed by atoms with Crippen molar-refractivity contribution >= 4 is 15.9 Å². The molecule has 0 atom stereocenters. The van der Waals surface area contributed by atoms with E-state index in [9.17, 15) is 0 Å². The first-order valence-electron chi connectivity index (χ1n) is 7.43. The van der Waals surface area contributed by atoms with Gasteiger partial charge in [0, 0.05) is 24.0 Å². The monoisotopic (exact) mass is 340 g/mol. The maximum absolute atomic E-state index is 6.07. The second-order valence-corrected chi connectivity index (χ2v) is 6.77. The van der Waals surface area contributed by atoms with Crippen molar-refractivity contribution in [2.45, 2.75) is 39.5 Å². The van der Waals surface area contributed by atoms with Crippen molar-refractivity contribution < 1.29 is 9.47 Å². The van der Waals surface area contributed by atoms with Gasteiger partial charge in [0.05, 0.1) is 6.61 Å². The minimum absolute atomic E-state index is 0.225. The smallest absolute Gasteiger partial charge is 0.119 e. The molecule has 0 unspecified atom stereocenters. The fourth-order valence-corrected chi connectivity index (χ4v) is 3.47. The molecular weight excluding hydrogens is 316 g/mol. The van der Waals surface area contributed by atoms with Gasteiger partial charge in [-0.05, 0) is 48.9 Å². The molecule has 0 spiro atoms. The normalized spacial score (nSPS) is 18.2. The third-order valence-electron chi connectivity index (χ3n) is 4.25. The average molecular weight is 341 g/mol. The summed E-state index contributed by atoms with van der Waals surface area (Å²) in [6.45, 7) is 9.08. The molecule has 0 bridgehead atoms. The van der Waals surface area contributed by atoms with Crippen LogP contribution in [0.3, 0.4) is 0 Å². The molecule has 3 heteroatoms. The molecule has 0 radical (unpaired) electrons. The van der Waals surface area contributed by atoms with E-state index in [1.165, 1.54) is 11.1 Å². The fraction of sp³-hybridized carbons (Fsp3) is 0.647. The van der Waals surface area contributed by atoms with E-state index in [4.69, 9.17) is 9.47 Å². The van der Waals surface area contributed by atoms with Crippen LogP contribution in [0, 0.1) is 12.3 Å². The van der Waals surface area contributed by atoms with Crippen LogP contribution in [-0.4, -0.2) is 25.2 Å². The van der Waals surface area contributed by atoms with Crippen molar-refractivity contribution in [3.8, 4) is 5.75 Å². The number of halogens is 1. The Hall–Kier alpha value is -0.540. The molecule has 1 aromatic rings. The lowest BCUT2D eigenvalue weighted by atomic mass is 9.83. The van der Waals surface area contributed by atoms with Gasteiger partial charge in [-0.2, -0.15) is 0 Å². The van der Waals surface area contributed by atoms with Crippen LogP contribution >= 0.6 is 15.9 Å². The third kappa shape index (κ3) is 3.76. The van der Waals surface area contributed by atoms with Gasteiger partial charge in [-0.3, -0.25) is 0 Å². The zero-order valence-electron chi connectivity index (χ0n) is 12.7. The minimum Gasteiger partial charge on any atom is -0.493 e. The van der Waals surface area contributed by atoms with Crippen molar-refractivity contribution in [2.24, 2.45) is 5.41 Å². The van der Waals surface area contributed by atoms with E-state index >= 15 is 0 Å². The maximum atomic E-state index is 6.07. The van der Waals surface area contributed by atoms with Crippen LogP contribution in [0.15, 0.2) is 18.2 Å². The van der Waals surface area contributed by atoms with Crippen LogP contribution in [0.1, 0.15) is 43.7 Å². The van der Waals surface area contributed by atoms with Crippen molar-refractivity contribution in [3.63, 3.8) is 0 Å². The maximum Gasteiger partial charge on any atom is 0.119 e. The lowest BCUT2D eigenvalue weighted by molar-refractivity contribution is 0.00353. The summed E-state index contributed by atoms with van der Waals surface area (Å²) >= 11 is 3.65. The van der Waals surface area contributed by atoms with E-state index in [1.807, 2.05) is 0 Å². The van der Waals surface area contributed by atoms with E-state index in [-0.39, 0.29) is 5.41 Å². The van der Waals surface area contributed by atoms with Gasteiger partial charge in [-0.15, -0.1) is 0 Å². The Balaban J connectivity index is 2.01. The Labute approximate surface area is 131 Å². The molecule has 0 N–H and O–H groups in total. The summed E-state index contributed by atoms with van der Waals surface area (Å²) in [5.41, 5.74) is 2.94. The van der Waals surface area contributed by atoms with Crippen molar-refractivity contribution in [1.82, 2.24) is 0 Å². The molecule has 0 amide bonds. The van der Waals surface area contributed by atoms with E-state index in [1.54, 1.807) is 0 Å². The Morgan fingerprint density at radius 3 is 2.55 bits per heavy atom. The third-order valence-corrected chi connectivity index (χ3v) is 5.43. The standard InChI is InChI=1S/C17H25BrO2/c1-13(2)16-5-4-15(10-14(16)3)20-12-17(11-18)6-8-19-9-7-17/h4-5,10,13H,6-9,11-12H2,1-3H3. The highest BCUT2D eigenvalue weighted by Crippen LogP contribution is 2.33. The first kappa shape index (κ1) is 15.8. The molecule has 0 aromatic heterocycles. The summed E-state index contributed by atoms with van der Waals surface area (Å²) in [7, 11) is 0. The summed E-state index contributed by atoms with van der Waals surface area (Å²) in [5, 5.41) is 0.979. The first-order valence-corrected chi connectivity index (χ1v) is 8.55. The topological polar surface area (TPSA) is 18.5 Å². The predicted molar refractivity (Wildman–Crippen MR) is 87.0 cm³/mol. The number of hydrogen-bond donors (Lipinski definition) is 0. The van der Waals surface area contributed by atoms with Crippen LogP contribution in [0.4, 0.5) is 0 Å². The number of benzene rings is 1. The second-order valence-electron chi connectivity index (χ2n) is 6.21. The van der Waals surface area contributed by atoms with Gasteiger partial charge in [-0.1, -0.05) is 35.8 Å². The summed E-state index contributed by atoms with van der Waals surface area (Å²) in [6.07, 6.45) is 2.14. The molecule has 1 heterocycles. The highest BCUT2D eigenvalue weighted by atomic mass is 79.9. The van der Waals surface area contributed by atoms with Gasteiger partial charge in [0.2, 0.25) is 0 Å². The summed E-state index contributed by atoms with van der Waals surface area (Å²) in [5.74, 6) is 1.55. The molecule has 1 saturated heterocycles. The van der Waals surface area contributed by atoms with Crippen LogP contribution in [0.2, 0.25) is 0 Å². The Bertz CT molecular complexity index is 437. The molecule has 1 aliphatic rings. The minimum atomic E-state index is 0.225. The summed E-state index contributed by atoms with van der Waals surface area (Å²) in [6, 6.07) is 6.46. The van der Waals surface area contributed by atoms with E-state index in [2.05, 4.69) is 54.9 Å². The molecule has 2 rings (SSSR count). The Morgan fingerprint density at radius 2 is 2.00 bits per heavy atom. The van der Waals surface area contributed by atoms with Crippen LogP contribution in [-0.2, 0) is 4.74 Å². The van der Waals surface area contributed by atoms with Gasteiger partial charge in [0.1, 0.15) is 5.75 Å². The van der Waals surface area contributed by atoms with Gasteiger partial charge >= 0.3 is 0 Å². The van der Waals surface area contributed by atoms with Gasteiger partial charge in [0.25, 0.3) is 0 Å². The van der Waals surface area contributed by atoms with Crippen molar-refractivity contribution in [3.05, 3.63) is 29.3 Å². The molecule has 0 aliphatic carbocycles. The molecule has 2 nitrogen and oxygen atoms in total. The lowest BCUT2D eigenvalue weighted by Gasteiger charge is -2.35. The molecule has 20 heavy (non-hydrogen) atoms. The molecule has 1 aliphatic heterocycles. The van der Waals surface area contributed by atoms with Gasteiger partial charge in [-0.25, -0.2) is 0 Å². The summed E-state index contributed by atoms with van der Waals surface area (Å²) in [4.78, 5) is 0. The number of aryl methyl sites for hydroxylation is 1. The molecule has 1 aromatic carbocycles. The highest BCUT2D eigenvalue weighted by molar-refractivity contribution is 9.09. The van der Waals surface area contributed by atoms with Crippen molar-refractivity contribution in [2.75, 3.05) is 25.2 Å². The molecule has 1 fully saturated rings. The zero-order chi connectivity index (χ0) is 14.6. The van der Waals surface area contributed by atoms with E-state index in [0.29, 0.717) is 5.92 Å². The molecule has 112 valence electrons. The predicted octanol–water partition coefficient (Wildman–Crippen LogP) is 4.69. The second kappa shape index (κ2) is 6.95. The number of rotatable bonds is 5. The van der Waals surface area contributed by atoms with E-state index in [0.717, 1.165) is 43.7 Å². The SMILES string of the molecule is Cc1cc(OCC2(CBr)CCOCC2)ccc1C(C)C. The summed E-state index contributed by atoms with van der Waals surface area (Å²) < 4.78 is 11.5. The Morgan fingerprint density at radius 1 is 1.30 bits per heavy atom. The molecule has 0 saturated carbocycles.